The van der Waals surface area contributed by atoms with Crippen molar-refractivity contribution in [1.82, 2.24) is 14.6 Å². The Labute approximate surface area is 187 Å². The van der Waals surface area contributed by atoms with Crippen molar-refractivity contribution in [3.63, 3.8) is 0 Å². The molecule has 1 aliphatic heterocycles. The minimum absolute atomic E-state index is 0.00562. The predicted octanol–water partition coefficient (Wildman–Crippen LogP) is 3.31. The van der Waals surface area contributed by atoms with Crippen molar-refractivity contribution in [3.8, 4) is 5.75 Å². The number of pyridine rings is 1. The molecule has 1 N–H and O–H groups in total. The zero-order valence-corrected chi connectivity index (χ0v) is 18.6. The molecular weight excluding hydrogens is 406 g/mol. The number of fused-ring (bicyclic) bond motifs is 1. The Morgan fingerprint density at radius 3 is 2.62 bits per heavy atom. The number of benzene rings is 1. The molecule has 0 saturated carbocycles. The van der Waals surface area contributed by atoms with Crippen LogP contribution in [0.25, 0.3) is 0 Å². The maximum Gasteiger partial charge on any atom is 0.288 e. The van der Waals surface area contributed by atoms with Gasteiger partial charge in [-0.2, -0.15) is 5.01 Å². The standard InChI is InChI=1S/C25H29N3O4/c1-17-8-7-11-19(16-17)21(18-9-5-4-6-10-18)24-26(2)28(14-15-32-3)25(31)22-23(30)20(29)12-13-27(22)24/h4-7,9-13,16-17,21,24,30H,8,14-15H2,1-3H3. The van der Waals surface area contributed by atoms with E-state index >= 15 is 0 Å². The van der Waals surface area contributed by atoms with Crippen LogP contribution in [-0.4, -0.2) is 52.9 Å². The second-order valence-corrected chi connectivity index (χ2v) is 8.36. The Hall–Kier alpha value is -3.16. The van der Waals surface area contributed by atoms with E-state index in [0.717, 1.165) is 17.6 Å². The first-order chi connectivity index (χ1) is 15.4. The van der Waals surface area contributed by atoms with E-state index in [9.17, 15) is 14.7 Å². The van der Waals surface area contributed by atoms with Crippen LogP contribution < -0.4 is 5.43 Å². The maximum atomic E-state index is 13.3. The van der Waals surface area contributed by atoms with Crippen LogP contribution in [-0.2, 0) is 4.74 Å². The quantitative estimate of drug-likeness (QED) is 0.754. The van der Waals surface area contributed by atoms with Crippen molar-refractivity contribution in [2.24, 2.45) is 5.92 Å². The number of rotatable bonds is 6. The summed E-state index contributed by atoms with van der Waals surface area (Å²) in [5, 5.41) is 14.1. The monoisotopic (exact) mass is 435 g/mol. The second-order valence-electron chi connectivity index (χ2n) is 8.36. The fourth-order valence-electron chi connectivity index (χ4n) is 4.65. The Morgan fingerprint density at radius 1 is 1.19 bits per heavy atom. The Morgan fingerprint density at radius 2 is 1.94 bits per heavy atom. The summed E-state index contributed by atoms with van der Waals surface area (Å²) < 4.78 is 6.95. The van der Waals surface area contributed by atoms with E-state index in [-0.39, 0.29) is 17.8 Å². The number of amides is 1. The summed E-state index contributed by atoms with van der Waals surface area (Å²) in [6, 6.07) is 11.4. The summed E-state index contributed by atoms with van der Waals surface area (Å²) in [5.74, 6) is -0.696. The first-order valence-corrected chi connectivity index (χ1v) is 10.8. The van der Waals surface area contributed by atoms with E-state index in [1.807, 2.05) is 30.3 Å². The van der Waals surface area contributed by atoms with Crippen molar-refractivity contribution in [2.45, 2.75) is 25.4 Å². The van der Waals surface area contributed by atoms with Crippen LogP contribution in [0.3, 0.4) is 0 Å². The van der Waals surface area contributed by atoms with Crippen molar-refractivity contribution in [3.05, 3.63) is 87.9 Å². The molecule has 1 aromatic carbocycles. The molecule has 0 saturated heterocycles. The van der Waals surface area contributed by atoms with Crippen molar-refractivity contribution < 1.29 is 14.6 Å². The smallest absolute Gasteiger partial charge is 0.288 e. The number of carbonyl (C=O) groups is 1. The molecule has 1 aromatic heterocycles. The normalized spacial score (nSPS) is 21.9. The molecule has 1 amide bonds. The summed E-state index contributed by atoms with van der Waals surface area (Å²) in [6.45, 7) is 2.81. The predicted molar refractivity (Wildman–Crippen MR) is 122 cm³/mol. The number of aromatic nitrogens is 1. The fraction of sp³-hybridized carbons (Fsp3) is 0.360. The van der Waals surface area contributed by atoms with Gasteiger partial charge in [0.05, 0.1) is 13.2 Å². The van der Waals surface area contributed by atoms with Crippen LogP contribution >= 0.6 is 0 Å². The number of nitrogens with zero attached hydrogens (tertiary/aromatic N) is 3. The third kappa shape index (κ3) is 3.89. The summed E-state index contributed by atoms with van der Waals surface area (Å²) in [5.41, 5.74) is 1.66. The molecule has 1 aliphatic carbocycles. The largest absolute Gasteiger partial charge is 0.503 e. The van der Waals surface area contributed by atoms with Crippen LogP contribution in [0.15, 0.2) is 71.2 Å². The van der Waals surface area contributed by atoms with Crippen molar-refractivity contribution >= 4 is 5.91 Å². The zero-order chi connectivity index (χ0) is 22.8. The van der Waals surface area contributed by atoms with Crippen molar-refractivity contribution in [2.75, 3.05) is 27.3 Å². The topological polar surface area (TPSA) is 75.0 Å². The van der Waals surface area contributed by atoms with E-state index in [2.05, 4.69) is 37.3 Å². The number of ether oxygens (including phenoxy) is 1. The van der Waals surface area contributed by atoms with Gasteiger partial charge in [-0.25, -0.2) is 0 Å². The summed E-state index contributed by atoms with van der Waals surface area (Å²) in [6.07, 6.45) is 8.79. The van der Waals surface area contributed by atoms with Gasteiger partial charge in [-0.1, -0.05) is 55.5 Å². The second kappa shape index (κ2) is 9.14. The molecule has 4 rings (SSSR count). The molecule has 2 heterocycles. The number of likely N-dealkylation sites (N-methyl/N-ethyl adjacent to an activating group) is 1. The van der Waals surface area contributed by atoms with Crippen LogP contribution in [0.2, 0.25) is 0 Å². The van der Waals surface area contributed by atoms with E-state index < -0.39 is 17.1 Å². The van der Waals surface area contributed by atoms with Gasteiger partial charge in [0.15, 0.2) is 11.4 Å². The molecule has 7 nitrogen and oxygen atoms in total. The summed E-state index contributed by atoms with van der Waals surface area (Å²) in [4.78, 5) is 25.6. The molecule has 0 fully saturated rings. The molecule has 7 heteroatoms. The van der Waals surface area contributed by atoms with E-state index in [1.165, 1.54) is 6.07 Å². The summed E-state index contributed by atoms with van der Waals surface area (Å²) in [7, 11) is 3.44. The number of hydrazine groups is 1. The van der Waals surface area contributed by atoms with Crippen LogP contribution in [0.4, 0.5) is 0 Å². The highest BCUT2D eigenvalue weighted by Crippen LogP contribution is 2.43. The highest BCUT2D eigenvalue weighted by molar-refractivity contribution is 5.95. The third-order valence-corrected chi connectivity index (χ3v) is 6.21. The van der Waals surface area contributed by atoms with Crippen LogP contribution in [0.5, 0.6) is 5.75 Å². The Kier molecular flexibility index (Phi) is 6.30. The first-order valence-electron chi connectivity index (χ1n) is 10.8. The molecule has 2 aromatic rings. The lowest BCUT2D eigenvalue weighted by atomic mass is 9.82. The first kappa shape index (κ1) is 22.0. The molecule has 3 unspecified atom stereocenters. The molecule has 168 valence electrons. The Balaban J connectivity index is 1.94. The minimum Gasteiger partial charge on any atom is -0.503 e. The molecule has 3 atom stereocenters. The third-order valence-electron chi connectivity index (χ3n) is 6.21. The molecule has 2 aliphatic rings. The number of hydrogen-bond donors (Lipinski definition) is 1. The van der Waals surface area contributed by atoms with Gasteiger partial charge in [0.1, 0.15) is 6.17 Å². The number of aromatic hydroxyl groups is 1. The lowest BCUT2D eigenvalue weighted by Gasteiger charge is -2.47. The van der Waals surface area contributed by atoms with E-state index in [4.69, 9.17) is 4.74 Å². The van der Waals surface area contributed by atoms with Gasteiger partial charge in [-0.05, 0) is 23.5 Å². The molecule has 0 radical (unpaired) electrons. The average Bonchev–Trinajstić information content (AvgIpc) is 2.79. The SMILES string of the molecule is COCCN1C(=O)c2c(O)c(=O)ccn2C(C(C2=CC(C)CC=C2)c2ccccc2)N1C. The molecule has 0 spiro atoms. The maximum absolute atomic E-state index is 13.3. The highest BCUT2D eigenvalue weighted by atomic mass is 16.5. The highest BCUT2D eigenvalue weighted by Gasteiger charge is 2.42. The van der Waals surface area contributed by atoms with Crippen LogP contribution in [0, 0.1) is 5.92 Å². The van der Waals surface area contributed by atoms with Crippen molar-refractivity contribution in [1.29, 1.82) is 0 Å². The fourth-order valence-corrected chi connectivity index (χ4v) is 4.65. The van der Waals surface area contributed by atoms with Gasteiger partial charge < -0.3 is 14.4 Å². The average molecular weight is 436 g/mol. The lowest BCUT2D eigenvalue weighted by molar-refractivity contribution is -0.0707. The molecule has 0 bridgehead atoms. The Bertz CT molecular complexity index is 1110. The number of carbonyl (C=O) groups excluding carboxylic acids is 1. The number of allylic oxidation sites excluding steroid dienone is 3. The van der Waals surface area contributed by atoms with Gasteiger partial charge in [-0.15, -0.1) is 0 Å². The lowest BCUT2D eigenvalue weighted by Crippen LogP contribution is -2.56. The summed E-state index contributed by atoms with van der Waals surface area (Å²) >= 11 is 0. The van der Waals surface area contributed by atoms with Gasteiger partial charge in [0.25, 0.3) is 5.91 Å². The van der Waals surface area contributed by atoms with E-state index in [1.54, 1.807) is 22.9 Å². The van der Waals surface area contributed by atoms with E-state index in [0.29, 0.717) is 19.1 Å². The van der Waals surface area contributed by atoms with Gasteiger partial charge >= 0.3 is 0 Å². The zero-order valence-electron chi connectivity index (χ0n) is 18.6. The van der Waals surface area contributed by atoms with Gasteiger partial charge in [0.2, 0.25) is 5.43 Å². The van der Waals surface area contributed by atoms with Gasteiger partial charge in [-0.3, -0.25) is 14.6 Å². The minimum atomic E-state index is -0.568. The number of hydrogen-bond acceptors (Lipinski definition) is 5. The van der Waals surface area contributed by atoms with Crippen LogP contribution in [0.1, 0.15) is 41.5 Å². The molecule has 32 heavy (non-hydrogen) atoms. The van der Waals surface area contributed by atoms with Gasteiger partial charge in [0, 0.05) is 32.3 Å². The molecular formula is C25H29N3O4. The number of methoxy groups -OCH3 is 1.